The summed E-state index contributed by atoms with van der Waals surface area (Å²) in [6.07, 6.45) is 4.02. The van der Waals surface area contributed by atoms with Gasteiger partial charge in [-0.2, -0.15) is 0 Å². The first-order chi connectivity index (χ1) is 7.81. The van der Waals surface area contributed by atoms with Crippen molar-refractivity contribution in [2.45, 2.75) is 19.8 Å². The van der Waals surface area contributed by atoms with Crippen LogP contribution in [0.15, 0.2) is 42.6 Å². The second-order valence-corrected chi connectivity index (χ2v) is 3.88. The number of pyridine rings is 1. The van der Waals surface area contributed by atoms with Crippen molar-refractivity contribution in [3.63, 3.8) is 0 Å². The monoisotopic (exact) mass is 212 g/mol. The van der Waals surface area contributed by atoms with E-state index in [1.54, 1.807) is 6.20 Å². The number of benzene rings is 1. The molecular weight excluding hydrogens is 196 g/mol. The molecule has 1 aromatic carbocycles. The molecule has 0 spiro atoms. The number of nitrogens with zero attached hydrogens (tertiary/aromatic N) is 1. The van der Waals surface area contributed by atoms with Crippen molar-refractivity contribution in [1.29, 1.82) is 0 Å². The average molecular weight is 212 g/mol. The van der Waals surface area contributed by atoms with E-state index in [9.17, 15) is 0 Å². The van der Waals surface area contributed by atoms with Gasteiger partial charge in [-0.25, -0.2) is 4.98 Å². The summed E-state index contributed by atoms with van der Waals surface area (Å²) in [5.41, 5.74) is 9.34. The van der Waals surface area contributed by atoms with Gasteiger partial charge in [0, 0.05) is 11.8 Å². The van der Waals surface area contributed by atoms with E-state index in [4.69, 9.17) is 5.73 Å². The molecular formula is C14H16N2. The molecule has 0 fully saturated rings. The van der Waals surface area contributed by atoms with Gasteiger partial charge in [0.1, 0.15) is 5.82 Å². The van der Waals surface area contributed by atoms with Gasteiger partial charge in [0.15, 0.2) is 0 Å². The third kappa shape index (κ3) is 2.22. The van der Waals surface area contributed by atoms with E-state index in [-0.39, 0.29) is 0 Å². The summed E-state index contributed by atoms with van der Waals surface area (Å²) in [4.78, 5) is 4.09. The van der Waals surface area contributed by atoms with Crippen molar-refractivity contribution in [3.05, 3.63) is 48.2 Å². The van der Waals surface area contributed by atoms with Crippen molar-refractivity contribution >= 4 is 5.82 Å². The Bertz CT molecular complexity index is 460. The molecule has 2 heteroatoms. The van der Waals surface area contributed by atoms with E-state index in [1.165, 1.54) is 12.0 Å². The Morgan fingerprint density at radius 2 is 1.88 bits per heavy atom. The maximum Gasteiger partial charge on any atom is 0.131 e. The van der Waals surface area contributed by atoms with Crippen molar-refractivity contribution < 1.29 is 0 Å². The fourth-order valence-corrected chi connectivity index (χ4v) is 1.80. The highest BCUT2D eigenvalue weighted by molar-refractivity contribution is 5.73. The van der Waals surface area contributed by atoms with Gasteiger partial charge in [-0.3, -0.25) is 0 Å². The molecule has 0 amide bonds. The third-order valence-corrected chi connectivity index (χ3v) is 2.64. The number of hydrogen-bond donors (Lipinski definition) is 1. The highest BCUT2D eigenvalue weighted by Crippen LogP contribution is 2.24. The fourth-order valence-electron chi connectivity index (χ4n) is 1.80. The molecule has 0 saturated heterocycles. The van der Waals surface area contributed by atoms with Gasteiger partial charge in [-0.05, 0) is 29.7 Å². The SMILES string of the molecule is CCCc1ccc(-c2cccnc2N)cc1. The van der Waals surface area contributed by atoms with Crippen molar-refractivity contribution in [2.24, 2.45) is 0 Å². The van der Waals surface area contributed by atoms with Crippen LogP contribution in [0.4, 0.5) is 5.82 Å². The van der Waals surface area contributed by atoms with Crippen molar-refractivity contribution in [2.75, 3.05) is 5.73 Å². The number of nitrogen functional groups attached to an aromatic ring is 1. The normalized spacial score (nSPS) is 10.3. The maximum atomic E-state index is 5.84. The molecule has 0 aliphatic carbocycles. The number of rotatable bonds is 3. The predicted molar refractivity (Wildman–Crippen MR) is 68.1 cm³/mol. The quantitative estimate of drug-likeness (QED) is 0.848. The summed E-state index contributed by atoms with van der Waals surface area (Å²) < 4.78 is 0. The lowest BCUT2D eigenvalue weighted by Crippen LogP contribution is -1.93. The van der Waals surface area contributed by atoms with E-state index in [0.717, 1.165) is 17.5 Å². The molecule has 0 aliphatic rings. The van der Waals surface area contributed by atoms with Crippen LogP contribution in [0.2, 0.25) is 0 Å². The van der Waals surface area contributed by atoms with Crippen LogP contribution in [0, 0.1) is 0 Å². The Hall–Kier alpha value is -1.83. The molecule has 0 unspecified atom stereocenters. The summed E-state index contributed by atoms with van der Waals surface area (Å²) in [7, 11) is 0. The van der Waals surface area contributed by atoms with E-state index in [1.807, 2.05) is 12.1 Å². The summed E-state index contributed by atoms with van der Waals surface area (Å²) in [6.45, 7) is 2.19. The Labute approximate surface area is 96.1 Å². The Morgan fingerprint density at radius 1 is 1.12 bits per heavy atom. The Morgan fingerprint density at radius 3 is 2.50 bits per heavy atom. The molecule has 2 aromatic rings. The Balaban J connectivity index is 2.31. The van der Waals surface area contributed by atoms with Crippen LogP contribution in [0.1, 0.15) is 18.9 Å². The van der Waals surface area contributed by atoms with E-state index in [0.29, 0.717) is 5.82 Å². The van der Waals surface area contributed by atoms with Crippen LogP contribution < -0.4 is 5.73 Å². The second-order valence-electron chi connectivity index (χ2n) is 3.88. The number of nitrogens with two attached hydrogens (primary N) is 1. The molecule has 0 aliphatic heterocycles. The maximum absolute atomic E-state index is 5.84. The fraction of sp³-hybridized carbons (Fsp3) is 0.214. The minimum atomic E-state index is 0.589. The smallest absolute Gasteiger partial charge is 0.131 e. The van der Waals surface area contributed by atoms with Crippen LogP contribution in [-0.2, 0) is 6.42 Å². The van der Waals surface area contributed by atoms with Crippen LogP contribution in [-0.4, -0.2) is 4.98 Å². The van der Waals surface area contributed by atoms with E-state index in [2.05, 4.69) is 36.2 Å². The molecule has 82 valence electrons. The van der Waals surface area contributed by atoms with Gasteiger partial charge in [0.25, 0.3) is 0 Å². The minimum Gasteiger partial charge on any atom is -0.383 e. The second kappa shape index (κ2) is 4.79. The summed E-state index contributed by atoms with van der Waals surface area (Å²) in [5, 5.41) is 0. The number of aryl methyl sites for hydroxylation is 1. The zero-order valence-electron chi connectivity index (χ0n) is 9.48. The first-order valence-electron chi connectivity index (χ1n) is 5.61. The molecule has 1 heterocycles. The Kier molecular flexibility index (Phi) is 3.20. The lowest BCUT2D eigenvalue weighted by atomic mass is 10.0. The van der Waals surface area contributed by atoms with E-state index < -0.39 is 0 Å². The van der Waals surface area contributed by atoms with Crippen LogP contribution in [0.25, 0.3) is 11.1 Å². The predicted octanol–water partition coefficient (Wildman–Crippen LogP) is 3.28. The zero-order valence-corrected chi connectivity index (χ0v) is 9.48. The summed E-state index contributed by atoms with van der Waals surface area (Å²) in [6, 6.07) is 12.4. The lowest BCUT2D eigenvalue weighted by molar-refractivity contribution is 0.922. The first kappa shape index (κ1) is 10.7. The molecule has 2 nitrogen and oxygen atoms in total. The topological polar surface area (TPSA) is 38.9 Å². The number of aromatic nitrogens is 1. The van der Waals surface area contributed by atoms with Crippen LogP contribution in [0.5, 0.6) is 0 Å². The molecule has 1 aromatic heterocycles. The summed E-state index contributed by atoms with van der Waals surface area (Å²) in [5.74, 6) is 0.589. The minimum absolute atomic E-state index is 0.589. The molecule has 0 radical (unpaired) electrons. The molecule has 0 bridgehead atoms. The average Bonchev–Trinajstić information content (AvgIpc) is 2.31. The number of anilines is 1. The largest absolute Gasteiger partial charge is 0.383 e. The van der Waals surface area contributed by atoms with Gasteiger partial charge < -0.3 is 5.73 Å². The van der Waals surface area contributed by atoms with E-state index >= 15 is 0 Å². The van der Waals surface area contributed by atoms with Crippen LogP contribution >= 0.6 is 0 Å². The first-order valence-corrected chi connectivity index (χ1v) is 5.61. The van der Waals surface area contributed by atoms with Gasteiger partial charge in [0.2, 0.25) is 0 Å². The van der Waals surface area contributed by atoms with Gasteiger partial charge in [-0.15, -0.1) is 0 Å². The molecule has 16 heavy (non-hydrogen) atoms. The number of hydrogen-bond acceptors (Lipinski definition) is 2. The molecule has 0 saturated carbocycles. The van der Waals surface area contributed by atoms with Gasteiger partial charge in [0.05, 0.1) is 0 Å². The molecule has 2 N–H and O–H groups in total. The zero-order chi connectivity index (χ0) is 11.4. The standard InChI is InChI=1S/C14H16N2/c1-2-4-11-6-8-12(9-7-11)13-5-3-10-16-14(13)15/h3,5-10H,2,4H2,1H3,(H2,15,16). The third-order valence-electron chi connectivity index (χ3n) is 2.64. The highest BCUT2D eigenvalue weighted by atomic mass is 14.8. The summed E-state index contributed by atoms with van der Waals surface area (Å²) >= 11 is 0. The van der Waals surface area contributed by atoms with Gasteiger partial charge >= 0.3 is 0 Å². The van der Waals surface area contributed by atoms with Gasteiger partial charge in [-0.1, -0.05) is 37.6 Å². The van der Waals surface area contributed by atoms with Crippen LogP contribution in [0.3, 0.4) is 0 Å². The highest BCUT2D eigenvalue weighted by Gasteiger charge is 2.02. The lowest BCUT2D eigenvalue weighted by Gasteiger charge is -2.05. The molecule has 2 rings (SSSR count). The van der Waals surface area contributed by atoms with Crippen molar-refractivity contribution in [3.8, 4) is 11.1 Å². The van der Waals surface area contributed by atoms with Crippen molar-refractivity contribution in [1.82, 2.24) is 4.98 Å². The molecule has 0 atom stereocenters.